The van der Waals surface area contributed by atoms with E-state index in [-0.39, 0.29) is 5.91 Å². The van der Waals surface area contributed by atoms with Crippen LogP contribution in [0.3, 0.4) is 0 Å². The van der Waals surface area contributed by atoms with E-state index in [1.807, 2.05) is 11.0 Å². The van der Waals surface area contributed by atoms with Crippen LogP contribution in [0.15, 0.2) is 28.7 Å². The number of rotatable bonds is 3. The maximum absolute atomic E-state index is 11.4. The number of nitrogens with one attached hydrogen (secondary N) is 1. The number of hydrogen-bond acceptors (Lipinski definition) is 3. The van der Waals surface area contributed by atoms with Crippen molar-refractivity contribution in [3.05, 3.63) is 35.6 Å². The summed E-state index contributed by atoms with van der Waals surface area (Å²) in [5.74, 6) is 1.61. The van der Waals surface area contributed by atoms with Crippen molar-refractivity contribution in [2.45, 2.75) is 39.8 Å². The summed E-state index contributed by atoms with van der Waals surface area (Å²) in [6.07, 6.45) is 1.00. The Hall–Kier alpha value is -1.81. The number of fused-ring (bicyclic) bond motifs is 1. The van der Waals surface area contributed by atoms with Gasteiger partial charge in [-0.1, -0.05) is 18.6 Å². The predicted molar refractivity (Wildman–Crippen MR) is 87.6 cm³/mol. The summed E-state index contributed by atoms with van der Waals surface area (Å²) in [5.41, 5.74) is 2.19. The van der Waals surface area contributed by atoms with Gasteiger partial charge in [0.15, 0.2) is 0 Å². The van der Waals surface area contributed by atoms with E-state index in [9.17, 15) is 4.79 Å². The Morgan fingerprint density at radius 1 is 1.41 bits per heavy atom. The van der Waals surface area contributed by atoms with E-state index in [2.05, 4.69) is 37.4 Å². The fourth-order valence-corrected chi connectivity index (χ4v) is 3.27. The largest absolute Gasteiger partial charge is 0.460 e. The van der Waals surface area contributed by atoms with Gasteiger partial charge in [-0.05, 0) is 37.5 Å². The highest BCUT2D eigenvalue weighted by Crippen LogP contribution is 2.22. The predicted octanol–water partition coefficient (Wildman–Crippen LogP) is 3.09. The van der Waals surface area contributed by atoms with Gasteiger partial charge in [0.1, 0.15) is 11.3 Å². The number of likely N-dealkylation sites (tertiary alicyclic amines) is 1. The molecule has 1 aliphatic heterocycles. The number of furan rings is 1. The molecule has 1 aliphatic rings. The quantitative estimate of drug-likeness (QED) is 0.947. The van der Waals surface area contributed by atoms with E-state index in [0.29, 0.717) is 12.0 Å². The topological polar surface area (TPSA) is 45.5 Å². The van der Waals surface area contributed by atoms with Crippen LogP contribution in [0.1, 0.15) is 31.6 Å². The fourth-order valence-electron chi connectivity index (χ4n) is 3.27. The van der Waals surface area contributed by atoms with Crippen molar-refractivity contribution in [1.29, 1.82) is 0 Å². The lowest BCUT2D eigenvalue weighted by molar-refractivity contribution is -0.130. The third-order valence-corrected chi connectivity index (χ3v) is 4.61. The van der Waals surface area contributed by atoms with Crippen LogP contribution in [0.25, 0.3) is 11.0 Å². The molecule has 4 heteroatoms. The molecule has 2 aromatic rings. The number of amides is 1. The minimum absolute atomic E-state index is 0.179. The summed E-state index contributed by atoms with van der Waals surface area (Å²) in [6.45, 7) is 8.37. The zero-order chi connectivity index (χ0) is 15.7. The van der Waals surface area contributed by atoms with Gasteiger partial charge in [0.25, 0.3) is 0 Å². The SMILES string of the molecule is CC(=O)N1CC[C@H](NCc2cc3cc(C)ccc3o2)[C@H](C)C1. The van der Waals surface area contributed by atoms with Crippen LogP contribution >= 0.6 is 0 Å². The lowest BCUT2D eigenvalue weighted by atomic mass is 9.94. The number of benzene rings is 1. The molecular weight excluding hydrogens is 276 g/mol. The van der Waals surface area contributed by atoms with E-state index in [0.717, 1.165) is 42.8 Å². The smallest absolute Gasteiger partial charge is 0.219 e. The second-order valence-corrected chi connectivity index (χ2v) is 6.47. The summed E-state index contributed by atoms with van der Waals surface area (Å²) in [4.78, 5) is 13.4. The summed E-state index contributed by atoms with van der Waals surface area (Å²) in [7, 11) is 0. The van der Waals surface area contributed by atoms with E-state index in [4.69, 9.17) is 4.42 Å². The zero-order valence-corrected chi connectivity index (χ0v) is 13.6. The Balaban J connectivity index is 1.61. The molecule has 22 heavy (non-hydrogen) atoms. The molecule has 1 aromatic heterocycles. The highest BCUT2D eigenvalue weighted by Gasteiger charge is 2.26. The first-order valence-corrected chi connectivity index (χ1v) is 8.01. The van der Waals surface area contributed by atoms with Gasteiger partial charge in [0, 0.05) is 31.4 Å². The molecule has 0 unspecified atom stereocenters. The van der Waals surface area contributed by atoms with E-state index < -0.39 is 0 Å². The third-order valence-electron chi connectivity index (χ3n) is 4.61. The fraction of sp³-hybridized carbons (Fsp3) is 0.500. The van der Waals surface area contributed by atoms with Crippen LogP contribution in [0.4, 0.5) is 0 Å². The van der Waals surface area contributed by atoms with Crippen LogP contribution in [-0.4, -0.2) is 29.9 Å². The normalized spacial score (nSPS) is 22.2. The number of aryl methyl sites for hydroxylation is 1. The number of nitrogens with zero attached hydrogens (tertiary/aromatic N) is 1. The number of carbonyl (C=O) groups excluding carboxylic acids is 1. The molecule has 4 nitrogen and oxygen atoms in total. The molecule has 1 N–H and O–H groups in total. The molecule has 0 radical (unpaired) electrons. The Labute approximate surface area is 131 Å². The van der Waals surface area contributed by atoms with Crippen molar-refractivity contribution in [1.82, 2.24) is 10.2 Å². The monoisotopic (exact) mass is 300 g/mol. The number of piperidine rings is 1. The van der Waals surface area contributed by atoms with Crippen molar-refractivity contribution in [2.24, 2.45) is 5.92 Å². The number of carbonyl (C=O) groups is 1. The van der Waals surface area contributed by atoms with Crippen molar-refractivity contribution < 1.29 is 9.21 Å². The van der Waals surface area contributed by atoms with Crippen molar-refractivity contribution >= 4 is 16.9 Å². The molecule has 0 bridgehead atoms. The average Bonchev–Trinajstić information content (AvgIpc) is 2.87. The van der Waals surface area contributed by atoms with Crippen molar-refractivity contribution in [3.8, 4) is 0 Å². The van der Waals surface area contributed by atoms with Gasteiger partial charge in [-0.15, -0.1) is 0 Å². The molecule has 0 aliphatic carbocycles. The first kappa shape index (κ1) is 15.1. The third kappa shape index (κ3) is 3.17. The van der Waals surface area contributed by atoms with Crippen LogP contribution in [-0.2, 0) is 11.3 Å². The summed E-state index contributed by atoms with van der Waals surface area (Å²) in [5, 5.41) is 4.75. The van der Waals surface area contributed by atoms with Gasteiger partial charge in [-0.2, -0.15) is 0 Å². The molecule has 0 saturated carbocycles. The van der Waals surface area contributed by atoms with Gasteiger partial charge < -0.3 is 14.6 Å². The first-order valence-electron chi connectivity index (χ1n) is 8.01. The molecule has 1 amide bonds. The Morgan fingerprint density at radius 3 is 2.95 bits per heavy atom. The highest BCUT2D eigenvalue weighted by molar-refractivity contribution is 5.78. The van der Waals surface area contributed by atoms with Crippen molar-refractivity contribution in [2.75, 3.05) is 13.1 Å². The first-order chi connectivity index (χ1) is 10.5. The minimum atomic E-state index is 0.179. The zero-order valence-electron chi connectivity index (χ0n) is 13.6. The second kappa shape index (κ2) is 6.13. The van der Waals surface area contributed by atoms with E-state index in [1.165, 1.54) is 5.56 Å². The van der Waals surface area contributed by atoms with Gasteiger partial charge in [0.05, 0.1) is 6.54 Å². The maximum atomic E-state index is 11.4. The van der Waals surface area contributed by atoms with Gasteiger partial charge in [-0.25, -0.2) is 0 Å². The standard InChI is InChI=1S/C18H24N2O2/c1-12-4-5-18-15(8-12)9-16(22-18)10-19-17-6-7-20(14(3)21)11-13(17)2/h4-5,8-9,13,17,19H,6-7,10-11H2,1-3H3/t13-,17+/m1/s1. The van der Waals surface area contributed by atoms with E-state index in [1.54, 1.807) is 6.92 Å². The van der Waals surface area contributed by atoms with E-state index >= 15 is 0 Å². The molecule has 3 rings (SSSR count). The molecule has 118 valence electrons. The van der Waals surface area contributed by atoms with Crippen molar-refractivity contribution in [3.63, 3.8) is 0 Å². The van der Waals surface area contributed by atoms with Gasteiger partial charge in [0.2, 0.25) is 5.91 Å². The molecule has 2 heterocycles. The molecular formula is C18H24N2O2. The Morgan fingerprint density at radius 2 is 2.23 bits per heavy atom. The highest BCUT2D eigenvalue weighted by atomic mass is 16.3. The van der Waals surface area contributed by atoms with Crippen LogP contribution in [0.5, 0.6) is 0 Å². The second-order valence-electron chi connectivity index (χ2n) is 6.47. The maximum Gasteiger partial charge on any atom is 0.219 e. The summed E-state index contributed by atoms with van der Waals surface area (Å²) in [6, 6.07) is 8.80. The number of hydrogen-bond donors (Lipinski definition) is 1. The summed E-state index contributed by atoms with van der Waals surface area (Å²) < 4.78 is 5.88. The van der Waals surface area contributed by atoms with Gasteiger partial charge in [-0.3, -0.25) is 4.79 Å². The molecule has 0 spiro atoms. The molecule has 2 atom stereocenters. The van der Waals surface area contributed by atoms with Crippen LogP contribution in [0.2, 0.25) is 0 Å². The molecule has 1 saturated heterocycles. The Bertz CT molecular complexity index is 677. The lowest BCUT2D eigenvalue weighted by Gasteiger charge is -2.36. The summed E-state index contributed by atoms with van der Waals surface area (Å²) >= 11 is 0. The Kier molecular flexibility index (Phi) is 4.21. The van der Waals surface area contributed by atoms with Crippen LogP contribution < -0.4 is 5.32 Å². The van der Waals surface area contributed by atoms with Gasteiger partial charge >= 0.3 is 0 Å². The average molecular weight is 300 g/mol. The molecule has 1 fully saturated rings. The lowest BCUT2D eigenvalue weighted by Crippen LogP contribution is -2.49. The van der Waals surface area contributed by atoms with Crippen LogP contribution in [0, 0.1) is 12.8 Å². The molecule has 1 aromatic carbocycles. The minimum Gasteiger partial charge on any atom is -0.460 e.